The van der Waals surface area contributed by atoms with Crippen molar-refractivity contribution in [1.82, 2.24) is 0 Å². The molecule has 5 nitrogen and oxygen atoms in total. The van der Waals surface area contributed by atoms with Crippen LogP contribution in [-0.4, -0.2) is 5.11 Å². The van der Waals surface area contributed by atoms with E-state index in [1.165, 1.54) is 17.1 Å². The average molecular weight is 349 g/mol. The highest BCUT2D eigenvalue weighted by Gasteiger charge is 2.42. The Balaban J connectivity index is 1.73. The Labute approximate surface area is 141 Å². The maximum atomic E-state index is 12.8. The number of alkyl halides is 3. The Morgan fingerprint density at radius 3 is 2.32 bits per heavy atom. The van der Waals surface area contributed by atoms with Crippen LogP contribution in [0.2, 0.25) is 0 Å². The number of quaternary nitrogens is 1. The summed E-state index contributed by atoms with van der Waals surface area (Å²) in [6, 6.07) is 11.5. The van der Waals surface area contributed by atoms with Gasteiger partial charge in [0.2, 0.25) is 0 Å². The third kappa shape index (κ3) is 2.41. The molecular weight excluding hydrogens is 335 g/mol. The second kappa shape index (κ2) is 5.40. The van der Waals surface area contributed by atoms with Crippen LogP contribution in [0.15, 0.2) is 60.1 Å². The molecular formula is C17H14F3N3O2. The Morgan fingerprint density at radius 2 is 1.64 bits per heavy atom. The van der Waals surface area contributed by atoms with Crippen molar-refractivity contribution in [2.45, 2.75) is 19.0 Å². The Hall–Kier alpha value is -2.71. The highest BCUT2D eigenvalue weighted by Crippen LogP contribution is 2.36. The molecule has 0 bridgehead atoms. The number of fused-ring (bicyclic) bond motifs is 3. The number of aliphatic hydroxyl groups excluding tert-OH is 1. The molecule has 130 valence electrons. The third-order valence-electron chi connectivity index (χ3n) is 4.44. The number of rotatable bonds is 1. The van der Waals surface area contributed by atoms with E-state index < -0.39 is 17.0 Å². The van der Waals surface area contributed by atoms with Crippen molar-refractivity contribution >= 4 is 11.4 Å². The zero-order valence-corrected chi connectivity index (χ0v) is 12.9. The molecule has 0 saturated heterocycles. The minimum absolute atomic E-state index is 0.190. The maximum absolute atomic E-state index is 12.8. The third-order valence-corrected chi connectivity index (χ3v) is 4.44. The van der Waals surface area contributed by atoms with Gasteiger partial charge >= 0.3 is 6.18 Å². The second-order valence-corrected chi connectivity index (χ2v) is 5.90. The van der Waals surface area contributed by atoms with Gasteiger partial charge in [-0.25, -0.2) is 0 Å². The number of aryl methyl sites for hydroxylation is 1. The largest absolute Gasteiger partial charge is 0.581 e. The van der Waals surface area contributed by atoms with Crippen LogP contribution in [0.5, 0.6) is 0 Å². The van der Waals surface area contributed by atoms with Crippen LogP contribution in [0.25, 0.3) is 0 Å². The summed E-state index contributed by atoms with van der Waals surface area (Å²) in [5.74, 6) is -0.237. The fourth-order valence-electron chi connectivity index (χ4n) is 3.23. The maximum Gasteiger partial charge on any atom is 0.416 e. The number of nitrogens with zero attached hydrogens (tertiary/aromatic N) is 2. The molecule has 0 amide bonds. The lowest BCUT2D eigenvalue weighted by Crippen LogP contribution is -3.19. The van der Waals surface area contributed by atoms with Gasteiger partial charge in [-0.05, 0) is 42.3 Å². The van der Waals surface area contributed by atoms with Crippen molar-refractivity contribution in [3.05, 3.63) is 76.4 Å². The van der Waals surface area contributed by atoms with Crippen LogP contribution < -0.4 is 15.3 Å². The number of nitrogens with one attached hydrogen (secondary N) is 1. The summed E-state index contributed by atoms with van der Waals surface area (Å²) in [4.78, 5) is 0. The van der Waals surface area contributed by atoms with Gasteiger partial charge in [0.1, 0.15) is 17.1 Å². The van der Waals surface area contributed by atoms with Crippen LogP contribution in [0.3, 0.4) is 0 Å². The number of hydrogen-bond donors (Lipinski definition) is 2. The first-order valence-corrected chi connectivity index (χ1v) is 7.69. The number of halogens is 3. The molecule has 1 atom stereocenters. The van der Waals surface area contributed by atoms with Gasteiger partial charge in [0.05, 0.1) is 5.56 Å². The summed E-state index contributed by atoms with van der Waals surface area (Å²) in [5.41, 5.74) is 1.52. The summed E-state index contributed by atoms with van der Waals surface area (Å²) in [7, 11) is 0. The first-order chi connectivity index (χ1) is 11.9. The summed E-state index contributed by atoms with van der Waals surface area (Å²) < 4.78 is 38.1. The van der Waals surface area contributed by atoms with Crippen molar-refractivity contribution in [2.75, 3.05) is 10.0 Å². The SMILES string of the molecule is [O-][NH+]1N(c2ccc(C(F)(F)F)cc2)C(O)=C2CCc3ccccc3N21. The van der Waals surface area contributed by atoms with Crippen molar-refractivity contribution < 1.29 is 23.6 Å². The van der Waals surface area contributed by atoms with Crippen molar-refractivity contribution in [3.8, 4) is 0 Å². The Bertz CT molecular complexity index is 849. The zero-order valence-electron chi connectivity index (χ0n) is 12.9. The molecule has 0 aromatic heterocycles. The fraction of sp³-hybridized carbons (Fsp3) is 0.176. The van der Waals surface area contributed by atoms with Crippen LogP contribution in [0.4, 0.5) is 24.5 Å². The van der Waals surface area contributed by atoms with Crippen molar-refractivity contribution in [3.63, 3.8) is 0 Å². The van der Waals surface area contributed by atoms with E-state index >= 15 is 0 Å². The van der Waals surface area contributed by atoms with E-state index in [1.807, 2.05) is 12.1 Å². The highest BCUT2D eigenvalue weighted by molar-refractivity contribution is 5.62. The van der Waals surface area contributed by atoms with E-state index in [1.54, 1.807) is 12.1 Å². The van der Waals surface area contributed by atoms with Gasteiger partial charge in [0.25, 0.3) is 5.88 Å². The van der Waals surface area contributed by atoms with E-state index in [-0.39, 0.29) is 11.6 Å². The molecule has 8 heteroatoms. The van der Waals surface area contributed by atoms with Gasteiger partial charge in [0, 0.05) is 6.42 Å². The Morgan fingerprint density at radius 1 is 0.960 bits per heavy atom. The van der Waals surface area contributed by atoms with Crippen LogP contribution in [0.1, 0.15) is 17.5 Å². The topological polar surface area (TPSA) is 54.2 Å². The average Bonchev–Trinajstić information content (AvgIpc) is 2.85. The molecule has 0 radical (unpaired) electrons. The first-order valence-electron chi connectivity index (χ1n) is 7.69. The minimum Gasteiger partial charge on any atom is -0.581 e. The number of allylic oxidation sites excluding steroid dienone is 1. The predicted octanol–water partition coefficient (Wildman–Crippen LogP) is 2.92. The van der Waals surface area contributed by atoms with Crippen LogP contribution >= 0.6 is 0 Å². The predicted molar refractivity (Wildman–Crippen MR) is 85.1 cm³/mol. The normalized spacial score (nSPS) is 19.9. The van der Waals surface area contributed by atoms with Gasteiger partial charge in [-0.15, -0.1) is 5.01 Å². The first kappa shape index (κ1) is 15.8. The molecule has 2 N–H and O–H groups in total. The molecule has 0 spiro atoms. The smallest absolute Gasteiger partial charge is 0.416 e. The number of hydrogen-bond acceptors (Lipinski definition) is 4. The van der Waals surface area contributed by atoms with Crippen molar-refractivity contribution in [2.24, 2.45) is 0 Å². The Kier molecular flexibility index (Phi) is 3.41. The van der Waals surface area contributed by atoms with Crippen LogP contribution in [0, 0.1) is 5.21 Å². The molecule has 1 unspecified atom stereocenters. The molecule has 0 fully saturated rings. The molecule has 0 aliphatic carbocycles. The molecule has 4 rings (SSSR count). The van der Waals surface area contributed by atoms with Gasteiger partial charge in [0.15, 0.2) is 0 Å². The molecule has 25 heavy (non-hydrogen) atoms. The van der Waals surface area contributed by atoms with Gasteiger partial charge < -0.3 is 10.3 Å². The highest BCUT2D eigenvalue weighted by atomic mass is 19.4. The van der Waals surface area contributed by atoms with Gasteiger partial charge in [-0.3, -0.25) is 0 Å². The fourth-order valence-corrected chi connectivity index (χ4v) is 3.23. The summed E-state index contributed by atoms with van der Waals surface area (Å²) >= 11 is 0. The second-order valence-electron chi connectivity index (χ2n) is 5.90. The van der Waals surface area contributed by atoms with Gasteiger partial charge in [-0.2, -0.15) is 23.5 Å². The molecule has 2 heterocycles. The van der Waals surface area contributed by atoms with E-state index in [0.29, 0.717) is 24.2 Å². The quantitative estimate of drug-likeness (QED) is 0.778. The number of aliphatic hydroxyl groups is 1. The van der Waals surface area contributed by atoms with Crippen molar-refractivity contribution in [1.29, 1.82) is 0 Å². The number of anilines is 2. The lowest BCUT2D eigenvalue weighted by molar-refractivity contribution is -0.854. The van der Waals surface area contributed by atoms with E-state index in [4.69, 9.17) is 0 Å². The lowest BCUT2D eigenvalue weighted by atomic mass is 10.0. The summed E-state index contributed by atoms with van der Waals surface area (Å²) in [5, 5.41) is 25.3. The summed E-state index contributed by atoms with van der Waals surface area (Å²) in [6.07, 6.45) is -3.30. The van der Waals surface area contributed by atoms with E-state index in [0.717, 1.165) is 22.7 Å². The van der Waals surface area contributed by atoms with E-state index in [2.05, 4.69) is 0 Å². The molecule has 2 aromatic carbocycles. The summed E-state index contributed by atoms with van der Waals surface area (Å²) in [6.45, 7) is 0. The van der Waals surface area contributed by atoms with Crippen LogP contribution in [-0.2, 0) is 12.6 Å². The monoisotopic (exact) mass is 349 g/mol. The number of benzene rings is 2. The molecule has 2 aliphatic heterocycles. The van der Waals surface area contributed by atoms with E-state index in [9.17, 15) is 23.5 Å². The van der Waals surface area contributed by atoms with Gasteiger partial charge in [-0.1, -0.05) is 18.2 Å². The standard InChI is InChI=1S/C17H14F3N3O2/c18-17(19,20)12-6-8-13(9-7-12)21-16(24)15-10-5-11-3-1-2-4-14(11)22(15)23(21)25/h1-4,6-9,23-24H,5,10H2. The zero-order chi connectivity index (χ0) is 17.8. The molecule has 0 saturated carbocycles. The molecule has 2 aromatic rings. The minimum atomic E-state index is -4.45. The molecule has 2 aliphatic rings. The lowest BCUT2D eigenvalue weighted by Gasteiger charge is -2.36. The number of para-hydroxylation sites is 1.